The maximum absolute atomic E-state index is 5.92. The molecule has 18 heavy (non-hydrogen) atoms. The van der Waals surface area contributed by atoms with Gasteiger partial charge in [-0.25, -0.2) is 0 Å². The van der Waals surface area contributed by atoms with Gasteiger partial charge in [-0.1, -0.05) is 36.7 Å². The van der Waals surface area contributed by atoms with Crippen LogP contribution in [0.4, 0.5) is 0 Å². The van der Waals surface area contributed by atoms with Crippen molar-refractivity contribution in [3.63, 3.8) is 0 Å². The first-order valence-electron chi connectivity index (χ1n) is 6.19. The van der Waals surface area contributed by atoms with Gasteiger partial charge in [0.15, 0.2) is 11.5 Å². The molecule has 0 amide bonds. The van der Waals surface area contributed by atoms with Crippen molar-refractivity contribution in [1.82, 2.24) is 4.90 Å². The second-order valence-electron chi connectivity index (χ2n) is 4.21. The third-order valence-electron chi connectivity index (χ3n) is 2.93. The van der Waals surface area contributed by atoms with Crippen LogP contribution in [0, 0.1) is 0 Å². The maximum atomic E-state index is 5.92. The van der Waals surface area contributed by atoms with E-state index >= 15 is 0 Å². The highest BCUT2D eigenvalue weighted by atomic mass is 35.5. The fourth-order valence-electron chi connectivity index (χ4n) is 1.96. The predicted molar refractivity (Wildman–Crippen MR) is 73.5 cm³/mol. The zero-order valence-electron chi connectivity index (χ0n) is 10.5. The van der Waals surface area contributed by atoms with E-state index in [2.05, 4.69) is 11.8 Å². The van der Waals surface area contributed by atoms with Gasteiger partial charge in [0, 0.05) is 18.6 Å². The molecule has 0 aliphatic carbocycles. The summed E-state index contributed by atoms with van der Waals surface area (Å²) in [6.07, 6.45) is 2.01. The standard InChI is InChI=1S/C14H18ClNO2/c1-2-16(9-5-8-15)10-12-11-17-13-6-3-4-7-14(13)18-12/h3-8,12H,2,9-11H2,1H3. The van der Waals surface area contributed by atoms with E-state index in [0.717, 1.165) is 31.1 Å². The van der Waals surface area contributed by atoms with Gasteiger partial charge < -0.3 is 9.47 Å². The second kappa shape index (κ2) is 6.66. The Morgan fingerprint density at radius 2 is 2.17 bits per heavy atom. The van der Waals surface area contributed by atoms with Gasteiger partial charge in [0.2, 0.25) is 0 Å². The van der Waals surface area contributed by atoms with E-state index in [9.17, 15) is 0 Å². The van der Waals surface area contributed by atoms with Gasteiger partial charge in [0.1, 0.15) is 12.7 Å². The molecule has 2 rings (SSSR count). The molecular formula is C14H18ClNO2. The van der Waals surface area contributed by atoms with Crippen LogP contribution in [0.5, 0.6) is 11.5 Å². The van der Waals surface area contributed by atoms with Gasteiger partial charge >= 0.3 is 0 Å². The maximum Gasteiger partial charge on any atom is 0.161 e. The van der Waals surface area contributed by atoms with Gasteiger partial charge in [-0.15, -0.1) is 0 Å². The van der Waals surface area contributed by atoms with Gasteiger partial charge in [0.25, 0.3) is 0 Å². The molecular weight excluding hydrogens is 250 g/mol. The summed E-state index contributed by atoms with van der Waals surface area (Å²) in [7, 11) is 0. The van der Waals surface area contributed by atoms with E-state index in [1.807, 2.05) is 30.3 Å². The third-order valence-corrected chi connectivity index (χ3v) is 3.11. The van der Waals surface area contributed by atoms with Gasteiger partial charge in [0.05, 0.1) is 0 Å². The Bertz CT molecular complexity index is 409. The molecule has 1 aliphatic rings. The molecule has 1 aliphatic heterocycles. The molecule has 1 heterocycles. The highest BCUT2D eigenvalue weighted by Crippen LogP contribution is 2.30. The zero-order valence-corrected chi connectivity index (χ0v) is 11.3. The van der Waals surface area contributed by atoms with Crippen molar-refractivity contribution in [3.8, 4) is 11.5 Å². The molecule has 1 unspecified atom stereocenters. The number of benzene rings is 1. The fraction of sp³-hybridized carbons (Fsp3) is 0.429. The Hall–Kier alpha value is -1.19. The Morgan fingerprint density at radius 1 is 1.39 bits per heavy atom. The molecule has 0 saturated carbocycles. The predicted octanol–water partition coefficient (Wildman–Crippen LogP) is 2.90. The van der Waals surface area contributed by atoms with Crippen molar-refractivity contribution in [1.29, 1.82) is 0 Å². The molecule has 0 N–H and O–H groups in total. The van der Waals surface area contributed by atoms with Crippen LogP contribution >= 0.6 is 11.6 Å². The molecule has 4 heteroatoms. The molecule has 1 aromatic carbocycles. The van der Waals surface area contributed by atoms with Crippen LogP contribution in [0.15, 0.2) is 35.9 Å². The highest BCUT2D eigenvalue weighted by molar-refractivity contribution is 6.25. The Balaban J connectivity index is 1.92. The SMILES string of the molecule is CCN(CC=CCl)CC1COc2ccccc2O1. The van der Waals surface area contributed by atoms with Crippen LogP contribution in [0.25, 0.3) is 0 Å². The van der Waals surface area contributed by atoms with Gasteiger partial charge in [-0.2, -0.15) is 0 Å². The lowest BCUT2D eigenvalue weighted by Gasteiger charge is -2.30. The first kappa shape index (κ1) is 13.2. The van der Waals surface area contributed by atoms with E-state index in [1.54, 1.807) is 5.54 Å². The number of hydrogen-bond donors (Lipinski definition) is 0. The van der Waals surface area contributed by atoms with Crippen molar-refractivity contribution in [2.75, 3.05) is 26.2 Å². The largest absolute Gasteiger partial charge is 0.486 e. The van der Waals surface area contributed by atoms with Crippen molar-refractivity contribution < 1.29 is 9.47 Å². The van der Waals surface area contributed by atoms with Crippen LogP contribution in [0.2, 0.25) is 0 Å². The lowest BCUT2D eigenvalue weighted by molar-refractivity contribution is 0.0631. The first-order chi connectivity index (χ1) is 8.83. The molecule has 3 nitrogen and oxygen atoms in total. The number of para-hydroxylation sites is 2. The fourth-order valence-corrected chi connectivity index (χ4v) is 2.04. The van der Waals surface area contributed by atoms with Crippen molar-refractivity contribution >= 4 is 11.6 Å². The summed E-state index contributed by atoms with van der Waals surface area (Å²) in [6, 6.07) is 7.78. The molecule has 0 saturated heterocycles. The summed E-state index contributed by atoms with van der Waals surface area (Å²) in [6.45, 7) is 5.36. The number of likely N-dealkylation sites (N-methyl/N-ethyl adjacent to an activating group) is 1. The lowest BCUT2D eigenvalue weighted by atomic mass is 10.2. The van der Waals surface area contributed by atoms with Crippen LogP contribution in [-0.2, 0) is 0 Å². The van der Waals surface area contributed by atoms with Crippen LogP contribution in [0.1, 0.15) is 6.92 Å². The van der Waals surface area contributed by atoms with Crippen LogP contribution < -0.4 is 9.47 Å². The minimum Gasteiger partial charge on any atom is -0.486 e. The Labute approximate surface area is 113 Å². The monoisotopic (exact) mass is 267 g/mol. The molecule has 0 aromatic heterocycles. The molecule has 0 bridgehead atoms. The van der Waals surface area contributed by atoms with Gasteiger partial charge in [-0.3, -0.25) is 4.90 Å². The number of ether oxygens (including phenoxy) is 2. The third kappa shape index (κ3) is 3.40. The number of hydrogen-bond acceptors (Lipinski definition) is 3. The van der Waals surface area contributed by atoms with E-state index in [0.29, 0.717) is 6.61 Å². The molecule has 1 aromatic rings. The molecule has 0 spiro atoms. The van der Waals surface area contributed by atoms with E-state index in [4.69, 9.17) is 21.1 Å². The van der Waals surface area contributed by atoms with Crippen molar-refractivity contribution in [3.05, 3.63) is 35.9 Å². The second-order valence-corrected chi connectivity index (χ2v) is 4.46. The molecule has 98 valence electrons. The average Bonchev–Trinajstić information content (AvgIpc) is 2.43. The van der Waals surface area contributed by atoms with E-state index < -0.39 is 0 Å². The number of nitrogens with zero attached hydrogens (tertiary/aromatic N) is 1. The smallest absolute Gasteiger partial charge is 0.161 e. The lowest BCUT2D eigenvalue weighted by Crippen LogP contribution is -2.41. The zero-order chi connectivity index (χ0) is 12.8. The summed E-state index contributed by atoms with van der Waals surface area (Å²) in [4.78, 5) is 2.26. The quantitative estimate of drug-likeness (QED) is 0.819. The summed E-state index contributed by atoms with van der Waals surface area (Å²) >= 11 is 5.55. The Kier molecular flexibility index (Phi) is 4.90. The van der Waals surface area contributed by atoms with Crippen molar-refractivity contribution in [2.24, 2.45) is 0 Å². The highest BCUT2D eigenvalue weighted by Gasteiger charge is 2.22. The summed E-state index contributed by atoms with van der Waals surface area (Å²) in [5.41, 5.74) is 1.55. The minimum absolute atomic E-state index is 0.0728. The summed E-state index contributed by atoms with van der Waals surface area (Å²) in [5, 5.41) is 0. The van der Waals surface area contributed by atoms with Crippen LogP contribution in [-0.4, -0.2) is 37.2 Å². The molecule has 0 radical (unpaired) electrons. The van der Waals surface area contributed by atoms with E-state index in [-0.39, 0.29) is 6.10 Å². The van der Waals surface area contributed by atoms with Crippen molar-refractivity contribution in [2.45, 2.75) is 13.0 Å². The van der Waals surface area contributed by atoms with Crippen LogP contribution in [0.3, 0.4) is 0 Å². The summed E-state index contributed by atoms with van der Waals surface area (Å²) in [5.74, 6) is 1.66. The number of rotatable bonds is 5. The first-order valence-corrected chi connectivity index (χ1v) is 6.63. The minimum atomic E-state index is 0.0728. The van der Waals surface area contributed by atoms with Gasteiger partial charge in [-0.05, 0) is 18.7 Å². The Morgan fingerprint density at radius 3 is 2.89 bits per heavy atom. The number of halogens is 1. The molecule has 1 atom stereocenters. The van der Waals surface area contributed by atoms with E-state index in [1.165, 1.54) is 0 Å². The average molecular weight is 268 g/mol. The summed E-state index contributed by atoms with van der Waals surface area (Å²) < 4.78 is 11.6. The normalized spacial score (nSPS) is 18.5. The molecule has 0 fully saturated rings. The topological polar surface area (TPSA) is 21.7 Å². The number of fused-ring (bicyclic) bond motifs is 1.